The largest absolute Gasteiger partial charge is 0.394 e. The molecule has 1 aliphatic rings. The Morgan fingerprint density at radius 1 is 1.40 bits per heavy atom. The van der Waals surface area contributed by atoms with E-state index in [1.165, 1.54) is 19.2 Å². The fraction of sp³-hybridized carbons (Fsp3) is 0.588. The molecule has 0 amide bonds. The third kappa shape index (κ3) is 3.65. The van der Waals surface area contributed by atoms with E-state index in [-0.39, 0.29) is 6.61 Å². The number of ether oxygens (including phenoxy) is 1. The standard InChI is InChI=1S/C17H25N5O3/c1-2-3-4-5-6-7-13-21-15-16(18)19-10-20-17(15)22(13)14-8-11(24)12(9-23)25-14/h6-7,10-12,14,23-24H,2-5,8-9H2,1H3,(H2,18,19,20)/b7-6-. The van der Waals surface area contributed by atoms with E-state index in [1.807, 2.05) is 10.6 Å². The molecule has 1 fully saturated rings. The second-order valence-electron chi connectivity index (χ2n) is 6.28. The van der Waals surface area contributed by atoms with Gasteiger partial charge in [-0.15, -0.1) is 0 Å². The number of anilines is 1. The Labute approximate surface area is 146 Å². The maximum Gasteiger partial charge on any atom is 0.168 e. The molecular weight excluding hydrogens is 322 g/mol. The summed E-state index contributed by atoms with van der Waals surface area (Å²) in [5, 5.41) is 19.4. The minimum absolute atomic E-state index is 0.233. The number of imidazole rings is 1. The van der Waals surface area contributed by atoms with Crippen molar-refractivity contribution in [2.24, 2.45) is 0 Å². The first-order chi connectivity index (χ1) is 12.2. The lowest BCUT2D eigenvalue weighted by molar-refractivity contribution is -0.0434. The molecule has 8 nitrogen and oxygen atoms in total. The summed E-state index contributed by atoms with van der Waals surface area (Å²) in [6.45, 7) is 1.94. The second-order valence-corrected chi connectivity index (χ2v) is 6.28. The summed E-state index contributed by atoms with van der Waals surface area (Å²) in [6.07, 6.45) is 8.41. The lowest BCUT2D eigenvalue weighted by Crippen LogP contribution is -2.24. The summed E-state index contributed by atoms with van der Waals surface area (Å²) >= 11 is 0. The van der Waals surface area contributed by atoms with Gasteiger partial charge in [-0.2, -0.15) is 0 Å². The number of allylic oxidation sites excluding steroid dienone is 1. The Hall–Kier alpha value is -2.03. The molecule has 3 atom stereocenters. The van der Waals surface area contributed by atoms with E-state index in [0.29, 0.717) is 29.2 Å². The van der Waals surface area contributed by atoms with E-state index in [0.717, 1.165) is 12.8 Å². The van der Waals surface area contributed by atoms with Crippen molar-refractivity contribution in [1.82, 2.24) is 19.5 Å². The van der Waals surface area contributed by atoms with Gasteiger partial charge < -0.3 is 20.7 Å². The van der Waals surface area contributed by atoms with Crippen molar-refractivity contribution >= 4 is 23.1 Å². The molecule has 2 aromatic heterocycles. The quantitative estimate of drug-likeness (QED) is 0.651. The highest BCUT2D eigenvalue weighted by molar-refractivity contribution is 5.83. The van der Waals surface area contributed by atoms with Gasteiger partial charge in [-0.3, -0.25) is 4.57 Å². The van der Waals surface area contributed by atoms with Crippen LogP contribution < -0.4 is 5.73 Å². The number of aromatic nitrogens is 4. The van der Waals surface area contributed by atoms with Gasteiger partial charge in [0, 0.05) is 6.42 Å². The highest BCUT2D eigenvalue weighted by atomic mass is 16.5. The molecule has 3 unspecified atom stereocenters. The molecule has 0 radical (unpaired) electrons. The highest BCUT2D eigenvalue weighted by Gasteiger charge is 2.36. The molecule has 3 rings (SSSR count). The SMILES string of the molecule is CCCCC/C=C\c1nc2c(N)ncnc2n1C1CC(O)C(CO)O1. The number of aliphatic hydroxyl groups excluding tert-OH is 2. The number of nitrogens with zero attached hydrogens (tertiary/aromatic N) is 4. The van der Waals surface area contributed by atoms with Crippen LogP contribution in [0.15, 0.2) is 12.4 Å². The minimum atomic E-state index is -0.729. The summed E-state index contributed by atoms with van der Waals surface area (Å²) in [5.41, 5.74) is 7.01. The molecule has 1 aliphatic heterocycles. The Bertz CT molecular complexity index is 745. The van der Waals surface area contributed by atoms with Gasteiger partial charge in [0.1, 0.15) is 24.5 Å². The molecule has 0 aliphatic carbocycles. The Morgan fingerprint density at radius 2 is 2.24 bits per heavy atom. The maximum absolute atomic E-state index is 10.1. The van der Waals surface area contributed by atoms with Gasteiger partial charge in [-0.25, -0.2) is 15.0 Å². The van der Waals surface area contributed by atoms with E-state index in [1.54, 1.807) is 0 Å². The van der Waals surface area contributed by atoms with Crippen molar-refractivity contribution in [3.63, 3.8) is 0 Å². The normalized spacial score (nSPS) is 23.9. The fourth-order valence-electron chi connectivity index (χ4n) is 3.08. The molecule has 0 aromatic carbocycles. The van der Waals surface area contributed by atoms with Crippen LogP contribution in [0.5, 0.6) is 0 Å². The Kier molecular flexibility index (Phi) is 5.62. The molecule has 0 saturated carbocycles. The average Bonchev–Trinajstić information content (AvgIpc) is 3.15. The molecular formula is C17H25N5O3. The summed E-state index contributed by atoms with van der Waals surface area (Å²) in [4.78, 5) is 12.8. The van der Waals surface area contributed by atoms with E-state index in [9.17, 15) is 10.2 Å². The lowest BCUT2D eigenvalue weighted by Gasteiger charge is -2.15. The fourth-order valence-corrected chi connectivity index (χ4v) is 3.08. The number of fused-ring (bicyclic) bond motifs is 1. The zero-order valence-electron chi connectivity index (χ0n) is 14.4. The van der Waals surface area contributed by atoms with Crippen molar-refractivity contribution in [2.45, 2.75) is 57.5 Å². The third-order valence-corrected chi connectivity index (χ3v) is 4.45. The highest BCUT2D eigenvalue weighted by Crippen LogP contribution is 2.33. The average molecular weight is 347 g/mol. The first-order valence-corrected chi connectivity index (χ1v) is 8.75. The molecule has 1 saturated heterocycles. The predicted octanol–water partition coefficient (Wildman–Crippen LogP) is 1.64. The van der Waals surface area contributed by atoms with Crippen molar-refractivity contribution < 1.29 is 14.9 Å². The third-order valence-electron chi connectivity index (χ3n) is 4.45. The number of hydrogen-bond acceptors (Lipinski definition) is 7. The number of nitrogen functional groups attached to an aromatic ring is 1. The van der Waals surface area contributed by atoms with Crippen LogP contribution >= 0.6 is 0 Å². The minimum Gasteiger partial charge on any atom is -0.394 e. The summed E-state index contributed by atoms with van der Waals surface area (Å²) < 4.78 is 7.61. The first-order valence-electron chi connectivity index (χ1n) is 8.75. The summed E-state index contributed by atoms with van der Waals surface area (Å²) in [7, 11) is 0. The zero-order valence-corrected chi connectivity index (χ0v) is 14.4. The first kappa shape index (κ1) is 17.8. The summed E-state index contributed by atoms with van der Waals surface area (Å²) in [5.74, 6) is 0.969. The van der Waals surface area contributed by atoms with Crippen LogP contribution in [-0.2, 0) is 4.74 Å². The van der Waals surface area contributed by atoms with Crippen LogP contribution in [0.2, 0.25) is 0 Å². The Balaban J connectivity index is 1.94. The van der Waals surface area contributed by atoms with Gasteiger partial charge in [-0.05, 0) is 18.9 Å². The van der Waals surface area contributed by atoms with E-state index >= 15 is 0 Å². The molecule has 0 spiro atoms. The van der Waals surface area contributed by atoms with Gasteiger partial charge in [0.05, 0.1) is 12.7 Å². The molecule has 25 heavy (non-hydrogen) atoms. The van der Waals surface area contributed by atoms with Crippen LogP contribution in [0.25, 0.3) is 17.2 Å². The number of rotatable bonds is 7. The molecule has 2 aromatic rings. The predicted molar refractivity (Wildman–Crippen MR) is 94.5 cm³/mol. The van der Waals surface area contributed by atoms with Gasteiger partial charge in [-0.1, -0.05) is 25.8 Å². The van der Waals surface area contributed by atoms with Crippen LogP contribution in [0.3, 0.4) is 0 Å². The van der Waals surface area contributed by atoms with Gasteiger partial charge in [0.15, 0.2) is 17.0 Å². The van der Waals surface area contributed by atoms with Crippen LogP contribution in [-0.4, -0.2) is 48.5 Å². The number of unbranched alkanes of at least 4 members (excludes halogenated alkanes) is 3. The van der Waals surface area contributed by atoms with E-state index < -0.39 is 18.4 Å². The van der Waals surface area contributed by atoms with Crippen molar-refractivity contribution in [2.75, 3.05) is 12.3 Å². The van der Waals surface area contributed by atoms with Gasteiger partial charge in [0.25, 0.3) is 0 Å². The zero-order chi connectivity index (χ0) is 17.8. The Morgan fingerprint density at radius 3 is 2.96 bits per heavy atom. The molecule has 4 N–H and O–H groups in total. The monoisotopic (exact) mass is 347 g/mol. The second kappa shape index (κ2) is 7.90. The smallest absolute Gasteiger partial charge is 0.168 e. The van der Waals surface area contributed by atoms with Crippen LogP contribution in [0.4, 0.5) is 5.82 Å². The van der Waals surface area contributed by atoms with Crippen molar-refractivity contribution in [3.8, 4) is 0 Å². The molecule has 0 bridgehead atoms. The van der Waals surface area contributed by atoms with E-state index in [4.69, 9.17) is 10.5 Å². The van der Waals surface area contributed by atoms with Gasteiger partial charge in [0.2, 0.25) is 0 Å². The number of hydrogen-bond donors (Lipinski definition) is 3. The lowest BCUT2D eigenvalue weighted by atomic mass is 10.2. The summed E-state index contributed by atoms with van der Waals surface area (Å²) in [6, 6.07) is 0. The number of aliphatic hydroxyl groups is 2. The maximum atomic E-state index is 10.1. The molecule has 136 valence electrons. The van der Waals surface area contributed by atoms with Crippen LogP contribution in [0, 0.1) is 0 Å². The van der Waals surface area contributed by atoms with Gasteiger partial charge >= 0.3 is 0 Å². The van der Waals surface area contributed by atoms with Crippen molar-refractivity contribution in [3.05, 3.63) is 18.2 Å². The van der Waals surface area contributed by atoms with Crippen molar-refractivity contribution in [1.29, 1.82) is 0 Å². The van der Waals surface area contributed by atoms with Crippen LogP contribution in [0.1, 0.15) is 51.1 Å². The topological polar surface area (TPSA) is 119 Å². The molecule has 3 heterocycles. The van der Waals surface area contributed by atoms with E-state index in [2.05, 4.69) is 28.0 Å². The molecule has 8 heteroatoms. The number of nitrogens with two attached hydrogens (primary N) is 1.